The van der Waals surface area contributed by atoms with E-state index in [4.69, 9.17) is 0 Å². The van der Waals surface area contributed by atoms with Gasteiger partial charge in [0.1, 0.15) is 0 Å². The number of hydrogen-bond acceptors (Lipinski definition) is 2. The smallest absolute Gasteiger partial charge is 0.314 e. The van der Waals surface area contributed by atoms with E-state index >= 15 is 0 Å². The van der Waals surface area contributed by atoms with Gasteiger partial charge in [-0.1, -0.05) is 34.1 Å². The summed E-state index contributed by atoms with van der Waals surface area (Å²) in [5, 5.41) is 5.47. The van der Waals surface area contributed by atoms with Gasteiger partial charge in [-0.05, 0) is 48.2 Å². The van der Waals surface area contributed by atoms with Crippen LogP contribution in [-0.4, -0.2) is 12.3 Å². The molecule has 0 radical (unpaired) electrons. The van der Waals surface area contributed by atoms with Crippen LogP contribution in [0, 0.1) is 0 Å². The van der Waals surface area contributed by atoms with Crippen molar-refractivity contribution in [1.29, 1.82) is 0 Å². The van der Waals surface area contributed by atoms with Gasteiger partial charge >= 0.3 is 6.03 Å². The minimum atomic E-state index is -0.264. The highest BCUT2D eigenvalue weighted by Crippen LogP contribution is 2.18. The third-order valence-electron chi connectivity index (χ3n) is 2.67. The Morgan fingerprint density at radius 2 is 2.00 bits per heavy atom. The molecule has 5 heteroatoms. The first-order valence-electron chi connectivity index (χ1n) is 6.31. The van der Waals surface area contributed by atoms with Crippen molar-refractivity contribution in [3.63, 3.8) is 0 Å². The van der Waals surface area contributed by atoms with Crippen LogP contribution in [0.1, 0.15) is 5.56 Å². The van der Waals surface area contributed by atoms with Crippen LogP contribution in [0.3, 0.4) is 0 Å². The molecular weight excluding hydrogens is 348 g/mol. The molecule has 0 aromatic heterocycles. The number of carbonyl (C=O) groups is 1. The standard InChI is InChI=1S/C16H15BrN2OS/c1-21-15-7-3-6-14(11-15)19-16(20)18-9-8-12-4-2-5-13(17)10-12/h2-11H,1H3,(H2,18,19,20)/b9-8+. The van der Waals surface area contributed by atoms with E-state index in [0.717, 1.165) is 20.6 Å². The molecule has 0 spiro atoms. The summed E-state index contributed by atoms with van der Waals surface area (Å²) in [6.45, 7) is 0. The Morgan fingerprint density at radius 1 is 1.19 bits per heavy atom. The molecule has 0 heterocycles. The summed E-state index contributed by atoms with van der Waals surface area (Å²) in [6, 6.07) is 15.3. The van der Waals surface area contributed by atoms with Crippen LogP contribution in [0.2, 0.25) is 0 Å². The largest absolute Gasteiger partial charge is 0.323 e. The number of urea groups is 1. The number of rotatable bonds is 4. The first-order valence-corrected chi connectivity index (χ1v) is 8.33. The Hall–Kier alpha value is -1.72. The molecule has 3 nitrogen and oxygen atoms in total. The van der Waals surface area contributed by atoms with Gasteiger partial charge in [-0.2, -0.15) is 0 Å². The van der Waals surface area contributed by atoms with Gasteiger partial charge in [0.05, 0.1) is 0 Å². The van der Waals surface area contributed by atoms with Gasteiger partial charge in [0.2, 0.25) is 0 Å². The maximum absolute atomic E-state index is 11.8. The fourth-order valence-electron chi connectivity index (χ4n) is 1.69. The lowest BCUT2D eigenvalue weighted by Crippen LogP contribution is -2.23. The van der Waals surface area contributed by atoms with Gasteiger partial charge in [0.25, 0.3) is 0 Å². The monoisotopic (exact) mass is 362 g/mol. The van der Waals surface area contributed by atoms with E-state index in [0.29, 0.717) is 0 Å². The van der Waals surface area contributed by atoms with Gasteiger partial charge in [-0.15, -0.1) is 11.8 Å². The Bertz CT molecular complexity index is 658. The Morgan fingerprint density at radius 3 is 2.76 bits per heavy atom. The molecular formula is C16H15BrN2OS. The first kappa shape index (κ1) is 15.7. The number of halogens is 1. The number of carbonyl (C=O) groups excluding carboxylic acids is 1. The van der Waals surface area contributed by atoms with Crippen LogP contribution in [0.25, 0.3) is 6.08 Å². The van der Waals surface area contributed by atoms with Crippen LogP contribution >= 0.6 is 27.7 Å². The summed E-state index contributed by atoms with van der Waals surface area (Å²) >= 11 is 5.04. The van der Waals surface area contributed by atoms with Gasteiger partial charge in [0, 0.05) is 21.3 Å². The number of thioether (sulfide) groups is 1. The molecule has 21 heavy (non-hydrogen) atoms. The normalized spacial score (nSPS) is 10.6. The van der Waals surface area contributed by atoms with E-state index in [-0.39, 0.29) is 6.03 Å². The quantitative estimate of drug-likeness (QED) is 0.754. The molecule has 0 aliphatic heterocycles. The molecule has 2 aromatic carbocycles. The van der Waals surface area contributed by atoms with E-state index < -0.39 is 0 Å². The van der Waals surface area contributed by atoms with E-state index in [9.17, 15) is 4.79 Å². The molecule has 0 unspecified atom stereocenters. The van der Waals surface area contributed by atoms with E-state index in [1.54, 1.807) is 18.0 Å². The minimum Gasteiger partial charge on any atom is -0.314 e. The van der Waals surface area contributed by atoms with Gasteiger partial charge < -0.3 is 10.6 Å². The number of anilines is 1. The van der Waals surface area contributed by atoms with Crippen molar-refractivity contribution in [2.24, 2.45) is 0 Å². The predicted octanol–water partition coefficient (Wildman–Crippen LogP) is 4.96. The number of hydrogen-bond donors (Lipinski definition) is 2. The molecule has 0 saturated carbocycles. The zero-order chi connectivity index (χ0) is 15.1. The van der Waals surface area contributed by atoms with Crippen molar-refractivity contribution in [3.05, 3.63) is 64.8 Å². The second-order valence-electron chi connectivity index (χ2n) is 4.22. The van der Waals surface area contributed by atoms with E-state index in [1.165, 1.54) is 0 Å². The highest BCUT2D eigenvalue weighted by Gasteiger charge is 1.99. The number of benzene rings is 2. The third kappa shape index (κ3) is 5.28. The fourth-order valence-corrected chi connectivity index (χ4v) is 2.57. The molecule has 0 aliphatic carbocycles. The van der Waals surface area contributed by atoms with Crippen molar-refractivity contribution < 1.29 is 4.79 Å². The molecule has 2 rings (SSSR count). The fraction of sp³-hybridized carbons (Fsp3) is 0.0625. The topological polar surface area (TPSA) is 41.1 Å². The minimum absolute atomic E-state index is 0.264. The molecule has 0 fully saturated rings. The van der Waals surface area contributed by atoms with Gasteiger partial charge in [-0.3, -0.25) is 0 Å². The molecule has 0 aliphatic rings. The van der Waals surface area contributed by atoms with Gasteiger partial charge in [-0.25, -0.2) is 4.79 Å². The van der Waals surface area contributed by atoms with E-state index in [2.05, 4.69) is 26.6 Å². The molecule has 108 valence electrons. The Labute approximate surface area is 137 Å². The van der Waals surface area contributed by atoms with Crippen molar-refractivity contribution in [1.82, 2.24) is 5.32 Å². The second-order valence-corrected chi connectivity index (χ2v) is 6.01. The average molecular weight is 363 g/mol. The average Bonchev–Trinajstić information content (AvgIpc) is 2.47. The summed E-state index contributed by atoms with van der Waals surface area (Å²) < 4.78 is 1.00. The molecule has 2 aromatic rings. The van der Waals surface area contributed by atoms with Crippen LogP contribution in [-0.2, 0) is 0 Å². The second kappa shape index (κ2) is 7.90. The summed E-state index contributed by atoms with van der Waals surface area (Å²) in [4.78, 5) is 12.9. The molecule has 2 N–H and O–H groups in total. The maximum atomic E-state index is 11.8. The molecule has 0 bridgehead atoms. The molecule has 2 amide bonds. The predicted molar refractivity (Wildman–Crippen MR) is 93.6 cm³/mol. The van der Waals surface area contributed by atoms with Gasteiger partial charge in [0.15, 0.2) is 0 Å². The molecule has 0 saturated heterocycles. The van der Waals surface area contributed by atoms with Crippen LogP contribution in [0.4, 0.5) is 10.5 Å². The summed E-state index contributed by atoms with van der Waals surface area (Å²) in [7, 11) is 0. The number of amides is 2. The lowest BCUT2D eigenvalue weighted by molar-refractivity contribution is 0.255. The van der Waals surface area contributed by atoms with Crippen molar-refractivity contribution in [3.8, 4) is 0 Å². The SMILES string of the molecule is CSc1cccc(NC(=O)N/C=C/c2cccc(Br)c2)c1. The Kier molecular flexibility index (Phi) is 5.90. The number of nitrogens with one attached hydrogen (secondary N) is 2. The lowest BCUT2D eigenvalue weighted by Gasteiger charge is -2.05. The lowest BCUT2D eigenvalue weighted by atomic mass is 10.2. The maximum Gasteiger partial charge on any atom is 0.323 e. The van der Waals surface area contributed by atoms with Crippen molar-refractivity contribution in [2.45, 2.75) is 4.90 Å². The zero-order valence-electron chi connectivity index (χ0n) is 11.5. The first-order chi connectivity index (χ1) is 10.2. The third-order valence-corrected chi connectivity index (χ3v) is 3.89. The van der Waals surface area contributed by atoms with Crippen LogP contribution < -0.4 is 10.6 Å². The zero-order valence-corrected chi connectivity index (χ0v) is 13.9. The Balaban J connectivity index is 1.90. The van der Waals surface area contributed by atoms with E-state index in [1.807, 2.05) is 60.9 Å². The summed E-state index contributed by atoms with van der Waals surface area (Å²) in [5.74, 6) is 0. The van der Waals surface area contributed by atoms with Crippen LogP contribution in [0.5, 0.6) is 0 Å². The highest BCUT2D eigenvalue weighted by atomic mass is 79.9. The van der Waals surface area contributed by atoms with Crippen molar-refractivity contribution in [2.75, 3.05) is 11.6 Å². The molecule has 0 atom stereocenters. The summed E-state index contributed by atoms with van der Waals surface area (Å²) in [5.41, 5.74) is 1.78. The highest BCUT2D eigenvalue weighted by molar-refractivity contribution is 9.10. The van der Waals surface area contributed by atoms with Crippen molar-refractivity contribution >= 4 is 45.5 Å². The summed E-state index contributed by atoms with van der Waals surface area (Å²) in [6.07, 6.45) is 5.46. The van der Waals surface area contributed by atoms with Crippen LogP contribution in [0.15, 0.2) is 64.1 Å².